The van der Waals surface area contributed by atoms with Crippen LogP contribution in [0, 0.1) is 6.92 Å². The van der Waals surface area contributed by atoms with Gasteiger partial charge in [-0.05, 0) is 41.8 Å². The van der Waals surface area contributed by atoms with E-state index in [1.54, 1.807) is 11.3 Å². The van der Waals surface area contributed by atoms with Crippen molar-refractivity contribution in [2.75, 3.05) is 70.7 Å². The Kier molecular flexibility index (Phi) is 6.75. The lowest BCUT2D eigenvalue weighted by Gasteiger charge is -2.28. The number of aromatic nitrogens is 2. The van der Waals surface area contributed by atoms with Gasteiger partial charge < -0.3 is 19.1 Å². The number of benzene rings is 1. The topological polar surface area (TPSA) is 60.0 Å². The van der Waals surface area contributed by atoms with E-state index in [2.05, 4.69) is 38.8 Å². The van der Waals surface area contributed by atoms with Gasteiger partial charge >= 0.3 is 0 Å². The van der Waals surface area contributed by atoms with E-state index >= 15 is 0 Å². The fourth-order valence-corrected chi connectivity index (χ4v) is 5.58. The molecule has 0 N–H and O–H groups in total. The van der Waals surface area contributed by atoms with Crippen LogP contribution in [-0.2, 0) is 9.47 Å². The van der Waals surface area contributed by atoms with Crippen LogP contribution in [0.25, 0.3) is 20.7 Å². The highest BCUT2D eigenvalue weighted by atomic mass is 35.5. The fourth-order valence-electron chi connectivity index (χ4n) is 4.16. The second-order valence-electron chi connectivity index (χ2n) is 7.98. The van der Waals surface area contributed by atoms with Crippen LogP contribution in [0.5, 0.6) is 5.75 Å². The molecule has 32 heavy (non-hydrogen) atoms. The van der Waals surface area contributed by atoms with Crippen molar-refractivity contribution in [2.45, 2.75) is 6.92 Å². The fraction of sp³-hybridized carbons (Fsp3) is 0.478. The van der Waals surface area contributed by atoms with E-state index in [1.807, 2.05) is 12.1 Å². The van der Waals surface area contributed by atoms with Crippen molar-refractivity contribution < 1.29 is 14.2 Å². The standard InChI is InChI=1S/C23H27ClN4O3S/c1-16-19-21(22(26-23(24)25-19)28-8-12-30-13-9-28)32-20(16)17-3-2-4-18(15-17)31-14-7-27-5-10-29-11-6-27/h2-4,15H,5-14H2,1H3. The quantitative estimate of drug-likeness (QED) is 0.502. The van der Waals surface area contributed by atoms with Gasteiger partial charge in [-0.1, -0.05) is 12.1 Å². The number of morpholine rings is 2. The molecule has 170 valence electrons. The predicted molar refractivity (Wildman–Crippen MR) is 128 cm³/mol. The van der Waals surface area contributed by atoms with Crippen molar-refractivity contribution in [1.82, 2.24) is 14.9 Å². The van der Waals surface area contributed by atoms with Crippen LogP contribution >= 0.6 is 22.9 Å². The normalized spacial score (nSPS) is 17.8. The Morgan fingerprint density at radius 2 is 1.81 bits per heavy atom. The molecule has 4 heterocycles. The Labute approximate surface area is 196 Å². The summed E-state index contributed by atoms with van der Waals surface area (Å²) >= 11 is 8.03. The summed E-state index contributed by atoms with van der Waals surface area (Å²) < 4.78 is 18.1. The first kappa shape index (κ1) is 21.9. The third kappa shape index (κ3) is 4.70. The maximum atomic E-state index is 6.31. The Bertz CT molecular complexity index is 1080. The Hall–Kier alpha value is -1.97. The first-order valence-electron chi connectivity index (χ1n) is 11.0. The molecule has 7 nitrogen and oxygen atoms in total. The number of hydrogen-bond acceptors (Lipinski definition) is 8. The molecule has 3 aromatic rings. The number of aryl methyl sites for hydroxylation is 1. The van der Waals surface area contributed by atoms with E-state index in [4.69, 9.17) is 25.8 Å². The van der Waals surface area contributed by atoms with Gasteiger partial charge in [-0.25, -0.2) is 4.98 Å². The number of nitrogens with zero attached hydrogens (tertiary/aromatic N) is 4. The van der Waals surface area contributed by atoms with Crippen LogP contribution in [0.2, 0.25) is 5.28 Å². The highest BCUT2D eigenvalue weighted by molar-refractivity contribution is 7.23. The van der Waals surface area contributed by atoms with Gasteiger partial charge in [-0.3, -0.25) is 4.90 Å². The lowest BCUT2D eigenvalue weighted by atomic mass is 10.1. The number of rotatable bonds is 6. The minimum atomic E-state index is 0.284. The summed E-state index contributed by atoms with van der Waals surface area (Å²) in [4.78, 5) is 14.9. The summed E-state index contributed by atoms with van der Waals surface area (Å²) in [6.07, 6.45) is 0. The first-order chi connectivity index (χ1) is 15.7. The summed E-state index contributed by atoms with van der Waals surface area (Å²) in [6, 6.07) is 8.29. The van der Waals surface area contributed by atoms with Crippen molar-refractivity contribution in [3.8, 4) is 16.2 Å². The molecule has 9 heteroatoms. The molecular formula is C23H27ClN4O3S. The Balaban J connectivity index is 1.39. The average Bonchev–Trinajstić information content (AvgIpc) is 3.16. The number of thiophene rings is 1. The molecule has 0 saturated carbocycles. The maximum absolute atomic E-state index is 6.31. The zero-order chi connectivity index (χ0) is 21.9. The monoisotopic (exact) mass is 474 g/mol. The summed E-state index contributed by atoms with van der Waals surface area (Å²) in [5.74, 6) is 1.78. The van der Waals surface area contributed by atoms with E-state index in [-0.39, 0.29) is 5.28 Å². The van der Waals surface area contributed by atoms with Crippen molar-refractivity contribution >= 4 is 39.0 Å². The molecule has 2 saturated heterocycles. The van der Waals surface area contributed by atoms with E-state index in [0.717, 1.165) is 78.8 Å². The molecule has 1 aromatic carbocycles. The lowest BCUT2D eigenvalue weighted by Crippen LogP contribution is -2.38. The molecule has 0 unspecified atom stereocenters. The summed E-state index contributed by atoms with van der Waals surface area (Å²) in [5, 5.41) is 0.284. The molecule has 5 rings (SSSR count). The van der Waals surface area contributed by atoms with Crippen molar-refractivity contribution in [1.29, 1.82) is 0 Å². The zero-order valence-electron chi connectivity index (χ0n) is 18.2. The minimum Gasteiger partial charge on any atom is -0.492 e. The lowest BCUT2D eigenvalue weighted by molar-refractivity contribution is 0.0322. The number of fused-ring (bicyclic) bond motifs is 1. The smallest absolute Gasteiger partial charge is 0.224 e. The van der Waals surface area contributed by atoms with Gasteiger partial charge in [0, 0.05) is 37.6 Å². The Morgan fingerprint density at radius 3 is 2.59 bits per heavy atom. The van der Waals surface area contributed by atoms with Crippen LogP contribution in [0.4, 0.5) is 5.82 Å². The largest absolute Gasteiger partial charge is 0.492 e. The molecule has 2 aromatic heterocycles. The van der Waals surface area contributed by atoms with Crippen LogP contribution in [0.15, 0.2) is 24.3 Å². The number of ether oxygens (including phenoxy) is 3. The average molecular weight is 475 g/mol. The zero-order valence-corrected chi connectivity index (χ0v) is 19.8. The molecule has 0 aliphatic carbocycles. The van der Waals surface area contributed by atoms with Crippen LogP contribution in [-0.4, -0.2) is 80.6 Å². The van der Waals surface area contributed by atoms with Crippen molar-refractivity contribution in [2.24, 2.45) is 0 Å². The third-order valence-electron chi connectivity index (χ3n) is 5.91. The van der Waals surface area contributed by atoms with Gasteiger partial charge in [0.1, 0.15) is 12.4 Å². The maximum Gasteiger partial charge on any atom is 0.224 e. The summed E-state index contributed by atoms with van der Waals surface area (Å²) in [6.45, 7) is 10.2. The number of hydrogen-bond donors (Lipinski definition) is 0. The molecule has 0 amide bonds. The molecule has 0 radical (unpaired) electrons. The van der Waals surface area contributed by atoms with Gasteiger partial charge in [-0.2, -0.15) is 4.98 Å². The van der Waals surface area contributed by atoms with Crippen LogP contribution < -0.4 is 9.64 Å². The highest BCUT2D eigenvalue weighted by Crippen LogP contribution is 2.42. The molecule has 0 atom stereocenters. The van der Waals surface area contributed by atoms with Crippen LogP contribution in [0.3, 0.4) is 0 Å². The molecule has 2 aliphatic heterocycles. The van der Waals surface area contributed by atoms with Gasteiger partial charge in [0.05, 0.1) is 36.6 Å². The van der Waals surface area contributed by atoms with E-state index in [9.17, 15) is 0 Å². The number of anilines is 1. The van der Waals surface area contributed by atoms with Crippen molar-refractivity contribution in [3.63, 3.8) is 0 Å². The van der Waals surface area contributed by atoms with Gasteiger partial charge in [0.15, 0.2) is 5.82 Å². The van der Waals surface area contributed by atoms with Gasteiger partial charge in [0.25, 0.3) is 0 Å². The van der Waals surface area contributed by atoms with E-state index in [0.29, 0.717) is 19.8 Å². The molecule has 0 spiro atoms. The molecule has 2 fully saturated rings. The predicted octanol–water partition coefficient (Wildman–Crippen LogP) is 3.87. The van der Waals surface area contributed by atoms with E-state index < -0.39 is 0 Å². The molecule has 2 aliphatic rings. The highest BCUT2D eigenvalue weighted by Gasteiger charge is 2.22. The third-order valence-corrected chi connectivity index (χ3v) is 7.40. The van der Waals surface area contributed by atoms with Crippen molar-refractivity contribution in [3.05, 3.63) is 35.1 Å². The second-order valence-corrected chi connectivity index (χ2v) is 9.34. The number of halogens is 1. The summed E-state index contributed by atoms with van der Waals surface area (Å²) in [5.41, 5.74) is 3.16. The first-order valence-corrected chi connectivity index (χ1v) is 12.2. The minimum absolute atomic E-state index is 0.284. The van der Waals surface area contributed by atoms with Gasteiger partial charge in [-0.15, -0.1) is 11.3 Å². The summed E-state index contributed by atoms with van der Waals surface area (Å²) in [7, 11) is 0. The second kappa shape index (κ2) is 9.89. The molecule has 0 bridgehead atoms. The SMILES string of the molecule is Cc1c(-c2cccc(OCCN3CCOCC3)c2)sc2c(N3CCOCC3)nc(Cl)nc12. The molecular weight excluding hydrogens is 448 g/mol. The van der Waals surface area contributed by atoms with Gasteiger partial charge in [0.2, 0.25) is 5.28 Å². The van der Waals surface area contributed by atoms with E-state index in [1.165, 1.54) is 4.88 Å². The Morgan fingerprint density at radius 1 is 1.06 bits per heavy atom. The van der Waals surface area contributed by atoms with Crippen LogP contribution in [0.1, 0.15) is 5.56 Å².